The zero-order valence-electron chi connectivity index (χ0n) is 19.6. The second-order valence-electron chi connectivity index (χ2n) is 9.15. The van der Waals surface area contributed by atoms with Crippen molar-refractivity contribution in [2.45, 2.75) is 44.4 Å². The number of aliphatic hydroxyl groups excluding tert-OH is 1. The molecule has 1 atom stereocenters. The summed E-state index contributed by atoms with van der Waals surface area (Å²) >= 11 is 12.1. The van der Waals surface area contributed by atoms with Gasteiger partial charge in [-0.3, -0.25) is 9.97 Å². The third kappa shape index (κ3) is 5.43. The molecule has 1 N–H and O–H groups in total. The van der Waals surface area contributed by atoms with Gasteiger partial charge in [0.1, 0.15) is 0 Å². The minimum absolute atomic E-state index is 0.169. The predicted octanol–water partition coefficient (Wildman–Crippen LogP) is 6.77. The van der Waals surface area contributed by atoms with E-state index < -0.39 is 0 Å². The van der Waals surface area contributed by atoms with E-state index in [0.29, 0.717) is 6.42 Å². The number of aliphatic hydroxyl groups is 1. The Kier molecular flexibility index (Phi) is 7.48. The van der Waals surface area contributed by atoms with Crippen LogP contribution in [0.15, 0.2) is 73.1 Å². The third-order valence-electron chi connectivity index (χ3n) is 6.99. The van der Waals surface area contributed by atoms with Crippen LogP contribution >= 0.6 is 23.2 Å². The van der Waals surface area contributed by atoms with E-state index in [2.05, 4.69) is 40.3 Å². The van der Waals surface area contributed by atoms with Crippen LogP contribution in [-0.2, 0) is 32.1 Å². The van der Waals surface area contributed by atoms with Crippen LogP contribution in [-0.4, -0.2) is 21.7 Å². The second-order valence-corrected chi connectivity index (χ2v) is 10.0. The normalized spacial score (nSPS) is 15.8. The molecular formula is C30H28Cl2N2O. The number of hydrogen-bond donors (Lipinski definition) is 1. The fourth-order valence-electron chi connectivity index (χ4n) is 5.25. The molecule has 5 heteroatoms. The van der Waals surface area contributed by atoms with Crippen LogP contribution in [0.25, 0.3) is 0 Å². The Morgan fingerprint density at radius 3 is 2.20 bits per heavy atom. The zero-order chi connectivity index (χ0) is 24.2. The van der Waals surface area contributed by atoms with Crippen LogP contribution in [0.2, 0.25) is 10.0 Å². The molecule has 2 aromatic carbocycles. The summed E-state index contributed by atoms with van der Waals surface area (Å²) in [5, 5.41) is 11.0. The summed E-state index contributed by atoms with van der Waals surface area (Å²) in [4.78, 5) is 9.02. The van der Waals surface area contributed by atoms with Crippen molar-refractivity contribution in [1.82, 2.24) is 9.97 Å². The van der Waals surface area contributed by atoms with Gasteiger partial charge < -0.3 is 5.11 Å². The summed E-state index contributed by atoms with van der Waals surface area (Å²) in [6.07, 6.45) is 9.45. The third-order valence-corrected chi connectivity index (χ3v) is 7.46. The first-order valence-electron chi connectivity index (χ1n) is 12.2. The van der Waals surface area contributed by atoms with Gasteiger partial charge >= 0.3 is 0 Å². The molecule has 0 saturated heterocycles. The van der Waals surface area contributed by atoms with Gasteiger partial charge in [-0.1, -0.05) is 47.5 Å². The van der Waals surface area contributed by atoms with E-state index in [4.69, 9.17) is 23.2 Å². The van der Waals surface area contributed by atoms with E-state index in [0.717, 1.165) is 47.8 Å². The number of rotatable bonds is 2. The molecule has 2 heterocycles. The topological polar surface area (TPSA) is 46.0 Å². The molecule has 0 bridgehead atoms. The molecule has 0 fully saturated rings. The van der Waals surface area contributed by atoms with Crippen molar-refractivity contribution >= 4 is 23.2 Å². The molecule has 2 aliphatic carbocycles. The number of benzene rings is 2. The maximum absolute atomic E-state index is 9.36. The molecule has 0 amide bonds. The molecular weight excluding hydrogens is 475 g/mol. The van der Waals surface area contributed by atoms with Crippen molar-refractivity contribution in [2.75, 3.05) is 6.61 Å². The Morgan fingerprint density at radius 1 is 0.714 bits per heavy atom. The standard InChI is InChI=1S/C16H16ClNO.C14H12ClN/c17-13-5-6-14-12(10-13)4-3-11-2-1-8-18-16(11)15(14)7-9-19;15-13-6-5-12-9-14-10(2-1-7-16-14)3-4-11(12)8-13/h1-2,5-6,8,10,15,19H,3-4,7,9H2;1-2,5-8H,3-4,9H2. The van der Waals surface area contributed by atoms with Crippen molar-refractivity contribution < 1.29 is 5.11 Å². The van der Waals surface area contributed by atoms with Crippen LogP contribution in [0.4, 0.5) is 0 Å². The minimum atomic E-state index is 0.169. The van der Waals surface area contributed by atoms with E-state index in [1.807, 2.05) is 42.7 Å². The number of aryl methyl sites for hydroxylation is 4. The summed E-state index contributed by atoms with van der Waals surface area (Å²) in [5.74, 6) is 0.177. The Morgan fingerprint density at radius 2 is 1.37 bits per heavy atom. The number of halogens is 2. The lowest BCUT2D eigenvalue weighted by Gasteiger charge is -2.18. The van der Waals surface area contributed by atoms with Crippen LogP contribution in [0.5, 0.6) is 0 Å². The first kappa shape index (κ1) is 24.0. The molecule has 0 saturated carbocycles. The molecule has 0 radical (unpaired) electrons. The van der Waals surface area contributed by atoms with Gasteiger partial charge in [-0.15, -0.1) is 0 Å². The molecule has 0 spiro atoms. The van der Waals surface area contributed by atoms with Gasteiger partial charge in [0.25, 0.3) is 0 Å². The highest BCUT2D eigenvalue weighted by atomic mass is 35.5. The molecule has 2 aromatic heterocycles. The largest absolute Gasteiger partial charge is 0.396 e. The highest BCUT2D eigenvalue weighted by molar-refractivity contribution is 6.30. The Bertz CT molecular complexity index is 1340. The summed E-state index contributed by atoms with van der Waals surface area (Å²) in [6, 6.07) is 20.6. The first-order valence-corrected chi connectivity index (χ1v) is 12.9. The van der Waals surface area contributed by atoms with Crippen molar-refractivity contribution in [3.05, 3.63) is 128 Å². The average molecular weight is 503 g/mol. The van der Waals surface area contributed by atoms with Crippen LogP contribution in [0, 0.1) is 0 Å². The monoisotopic (exact) mass is 502 g/mol. The van der Waals surface area contributed by atoms with Crippen molar-refractivity contribution in [2.24, 2.45) is 0 Å². The van der Waals surface area contributed by atoms with Gasteiger partial charge in [-0.05, 0) is 102 Å². The average Bonchev–Trinajstić information content (AvgIpc) is 3.15. The van der Waals surface area contributed by atoms with Crippen molar-refractivity contribution in [3.63, 3.8) is 0 Å². The first-order chi connectivity index (χ1) is 17.1. The molecule has 35 heavy (non-hydrogen) atoms. The van der Waals surface area contributed by atoms with Gasteiger partial charge in [0.15, 0.2) is 0 Å². The number of hydrogen-bond acceptors (Lipinski definition) is 3. The summed E-state index contributed by atoms with van der Waals surface area (Å²) in [5.41, 5.74) is 10.2. The zero-order valence-corrected chi connectivity index (χ0v) is 21.1. The summed E-state index contributed by atoms with van der Waals surface area (Å²) < 4.78 is 0. The van der Waals surface area contributed by atoms with Crippen molar-refractivity contribution in [1.29, 1.82) is 0 Å². The lowest BCUT2D eigenvalue weighted by atomic mass is 9.89. The number of fused-ring (bicyclic) bond motifs is 4. The molecule has 4 aromatic rings. The number of aromatic nitrogens is 2. The fourth-order valence-corrected chi connectivity index (χ4v) is 5.64. The van der Waals surface area contributed by atoms with Crippen LogP contribution in [0.1, 0.15) is 57.1 Å². The minimum Gasteiger partial charge on any atom is -0.396 e. The highest BCUT2D eigenvalue weighted by Gasteiger charge is 2.24. The predicted molar refractivity (Wildman–Crippen MR) is 143 cm³/mol. The number of pyridine rings is 2. The molecule has 6 rings (SSSR count). The van der Waals surface area contributed by atoms with E-state index in [1.165, 1.54) is 39.1 Å². The smallest absolute Gasteiger partial charge is 0.0511 e. The van der Waals surface area contributed by atoms with Crippen LogP contribution in [0.3, 0.4) is 0 Å². The van der Waals surface area contributed by atoms with Gasteiger partial charge in [-0.25, -0.2) is 0 Å². The molecule has 0 aliphatic heterocycles. The SMILES string of the molecule is Clc1ccc2c(c1)CCc1cccnc1C2.OCCC1c2ccc(Cl)cc2CCc2cccnc21. The quantitative estimate of drug-likeness (QED) is 0.328. The second kappa shape index (κ2) is 10.9. The molecule has 3 nitrogen and oxygen atoms in total. The maximum atomic E-state index is 9.36. The van der Waals surface area contributed by atoms with E-state index in [-0.39, 0.29) is 12.5 Å². The van der Waals surface area contributed by atoms with E-state index in [9.17, 15) is 5.11 Å². The Hall–Kier alpha value is -2.72. The maximum Gasteiger partial charge on any atom is 0.0511 e. The van der Waals surface area contributed by atoms with Crippen molar-refractivity contribution in [3.8, 4) is 0 Å². The van der Waals surface area contributed by atoms with Crippen LogP contribution < -0.4 is 0 Å². The van der Waals surface area contributed by atoms with E-state index >= 15 is 0 Å². The van der Waals surface area contributed by atoms with Gasteiger partial charge in [0.2, 0.25) is 0 Å². The van der Waals surface area contributed by atoms with Gasteiger partial charge in [-0.2, -0.15) is 0 Å². The summed E-state index contributed by atoms with van der Waals surface area (Å²) in [7, 11) is 0. The molecule has 2 aliphatic rings. The van der Waals surface area contributed by atoms with Gasteiger partial charge in [0.05, 0.1) is 5.69 Å². The van der Waals surface area contributed by atoms with Gasteiger partial charge in [0, 0.05) is 47.1 Å². The lowest BCUT2D eigenvalue weighted by molar-refractivity contribution is 0.281. The fraction of sp³-hybridized carbons (Fsp3) is 0.267. The van der Waals surface area contributed by atoms with E-state index in [1.54, 1.807) is 0 Å². The number of nitrogens with zero attached hydrogens (tertiary/aromatic N) is 2. The lowest BCUT2D eigenvalue weighted by Crippen LogP contribution is -2.08. The summed E-state index contributed by atoms with van der Waals surface area (Å²) in [6.45, 7) is 0.169. The molecule has 1 unspecified atom stereocenters. The Balaban J connectivity index is 0.000000147. The Labute approximate surface area is 216 Å². The molecule has 178 valence electrons. The highest BCUT2D eigenvalue weighted by Crippen LogP contribution is 2.36.